The van der Waals surface area contributed by atoms with Crippen LogP contribution in [0.2, 0.25) is 0 Å². The SMILES string of the molecule is CC(C)CC1NC(C(C)C)N(C(C)C2CC2)C1=O. The van der Waals surface area contributed by atoms with Crippen molar-refractivity contribution in [3.63, 3.8) is 0 Å². The summed E-state index contributed by atoms with van der Waals surface area (Å²) in [4.78, 5) is 14.7. The normalized spacial score (nSPS) is 30.6. The van der Waals surface area contributed by atoms with Crippen molar-refractivity contribution < 1.29 is 4.79 Å². The van der Waals surface area contributed by atoms with Gasteiger partial charge in [-0.15, -0.1) is 0 Å². The van der Waals surface area contributed by atoms with Crippen LogP contribution >= 0.6 is 0 Å². The molecule has 1 aliphatic heterocycles. The second-order valence-corrected chi connectivity index (χ2v) is 6.86. The standard InChI is InChI=1S/C15H28N2O/c1-9(2)8-13-15(18)17(11(5)12-6-7-12)14(16-13)10(3)4/h9-14,16H,6-8H2,1-5H3. The van der Waals surface area contributed by atoms with Gasteiger partial charge in [0.15, 0.2) is 0 Å². The minimum Gasteiger partial charge on any atom is -0.323 e. The fourth-order valence-corrected chi connectivity index (χ4v) is 3.09. The summed E-state index contributed by atoms with van der Waals surface area (Å²) in [6.45, 7) is 11.0. The molecule has 2 rings (SSSR count). The number of hydrogen-bond donors (Lipinski definition) is 1. The van der Waals surface area contributed by atoms with Gasteiger partial charge in [0.05, 0.1) is 12.2 Å². The predicted octanol–water partition coefficient (Wildman–Crippen LogP) is 2.61. The predicted molar refractivity (Wildman–Crippen MR) is 74.0 cm³/mol. The van der Waals surface area contributed by atoms with Gasteiger partial charge in [0, 0.05) is 6.04 Å². The average Bonchev–Trinajstić information content (AvgIpc) is 3.05. The van der Waals surface area contributed by atoms with Gasteiger partial charge in [0.25, 0.3) is 0 Å². The van der Waals surface area contributed by atoms with E-state index in [2.05, 4.69) is 44.8 Å². The molecule has 1 saturated heterocycles. The van der Waals surface area contributed by atoms with Crippen LogP contribution in [0.15, 0.2) is 0 Å². The van der Waals surface area contributed by atoms with Crippen LogP contribution in [-0.2, 0) is 4.79 Å². The summed E-state index contributed by atoms with van der Waals surface area (Å²) in [7, 11) is 0. The number of amides is 1. The molecule has 0 aromatic carbocycles. The molecule has 18 heavy (non-hydrogen) atoms. The lowest BCUT2D eigenvalue weighted by Crippen LogP contribution is -2.47. The number of nitrogens with one attached hydrogen (secondary N) is 1. The van der Waals surface area contributed by atoms with E-state index in [4.69, 9.17) is 0 Å². The minimum absolute atomic E-state index is 0.0404. The first-order valence-corrected chi connectivity index (χ1v) is 7.50. The van der Waals surface area contributed by atoms with Crippen molar-refractivity contribution in [1.82, 2.24) is 10.2 Å². The van der Waals surface area contributed by atoms with Crippen LogP contribution in [0.4, 0.5) is 0 Å². The highest BCUT2D eigenvalue weighted by atomic mass is 16.2. The first-order valence-electron chi connectivity index (χ1n) is 7.50. The second-order valence-electron chi connectivity index (χ2n) is 6.86. The summed E-state index contributed by atoms with van der Waals surface area (Å²) in [6, 6.07) is 0.452. The van der Waals surface area contributed by atoms with Gasteiger partial charge in [0.1, 0.15) is 0 Å². The molecular formula is C15H28N2O. The summed E-state index contributed by atoms with van der Waals surface area (Å²) in [6.07, 6.45) is 3.78. The molecule has 3 nitrogen and oxygen atoms in total. The largest absolute Gasteiger partial charge is 0.323 e. The minimum atomic E-state index is 0.0404. The molecule has 3 unspecified atom stereocenters. The van der Waals surface area contributed by atoms with Crippen molar-refractivity contribution in [2.75, 3.05) is 0 Å². The van der Waals surface area contributed by atoms with Crippen LogP contribution in [0.25, 0.3) is 0 Å². The van der Waals surface area contributed by atoms with E-state index in [0.29, 0.717) is 23.8 Å². The van der Waals surface area contributed by atoms with Gasteiger partial charge in [-0.25, -0.2) is 0 Å². The van der Waals surface area contributed by atoms with Gasteiger partial charge in [0.2, 0.25) is 5.91 Å². The molecule has 1 saturated carbocycles. The van der Waals surface area contributed by atoms with Crippen LogP contribution in [0.5, 0.6) is 0 Å². The molecule has 0 aromatic rings. The van der Waals surface area contributed by atoms with Crippen LogP contribution in [0, 0.1) is 17.8 Å². The lowest BCUT2D eigenvalue weighted by Gasteiger charge is -2.32. The fourth-order valence-electron chi connectivity index (χ4n) is 3.09. The van der Waals surface area contributed by atoms with Crippen molar-refractivity contribution in [2.24, 2.45) is 17.8 Å². The Kier molecular flexibility index (Phi) is 4.00. The Hall–Kier alpha value is -0.570. The van der Waals surface area contributed by atoms with E-state index >= 15 is 0 Å². The number of rotatable bonds is 5. The topological polar surface area (TPSA) is 32.3 Å². The molecule has 0 aromatic heterocycles. The molecule has 0 spiro atoms. The Morgan fingerprint density at radius 1 is 1.22 bits per heavy atom. The fraction of sp³-hybridized carbons (Fsp3) is 0.933. The van der Waals surface area contributed by atoms with E-state index in [1.807, 2.05) is 0 Å². The molecule has 1 amide bonds. The van der Waals surface area contributed by atoms with Gasteiger partial charge in [-0.2, -0.15) is 0 Å². The van der Waals surface area contributed by atoms with E-state index in [1.165, 1.54) is 12.8 Å². The van der Waals surface area contributed by atoms with E-state index in [1.54, 1.807) is 0 Å². The third-order valence-electron chi connectivity index (χ3n) is 4.31. The number of hydrogen-bond acceptors (Lipinski definition) is 2. The second kappa shape index (κ2) is 5.20. The zero-order valence-electron chi connectivity index (χ0n) is 12.4. The molecule has 104 valence electrons. The maximum atomic E-state index is 12.6. The summed E-state index contributed by atoms with van der Waals surface area (Å²) < 4.78 is 0. The van der Waals surface area contributed by atoms with Gasteiger partial charge >= 0.3 is 0 Å². The number of carbonyl (C=O) groups excluding carboxylic acids is 1. The highest BCUT2D eigenvalue weighted by Crippen LogP contribution is 2.38. The quantitative estimate of drug-likeness (QED) is 0.816. The van der Waals surface area contributed by atoms with Crippen LogP contribution < -0.4 is 5.32 Å². The van der Waals surface area contributed by atoms with E-state index in [0.717, 1.165) is 12.3 Å². The van der Waals surface area contributed by atoms with E-state index in [9.17, 15) is 4.79 Å². The smallest absolute Gasteiger partial charge is 0.241 e. The molecule has 1 aliphatic carbocycles. The summed E-state index contributed by atoms with van der Waals surface area (Å²) in [5.74, 6) is 2.12. The zero-order chi connectivity index (χ0) is 13.4. The molecular weight excluding hydrogens is 224 g/mol. The number of carbonyl (C=O) groups is 1. The third-order valence-corrected chi connectivity index (χ3v) is 4.31. The van der Waals surface area contributed by atoms with Gasteiger partial charge in [-0.1, -0.05) is 27.7 Å². The molecule has 1 N–H and O–H groups in total. The highest BCUT2D eigenvalue weighted by molar-refractivity contribution is 5.84. The molecule has 0 bridgehead atoms. The Labute approximate surface area is 111 Å². The maximum Gasteiger partial charge on any atom is 0.241 e. The van der Waals surface area contributed by atoms with Crippen LogP contribution in [0.3, 0.4) is 0 Å². The summed E-state index contributed by atoms with van der Waals surface area (Å²) in [5, 5.41) is 3.56. The molecule has 1 heterocycles. The van der Waals surface area contributed by atoms with E-state index < -0.39 is 0 Å². The van der Waals surface area contributed by atoms with Crippen molar-refractivity contribution in [2.45, 2.75) is 72.1 Å². The first kappa shape index (κ1) is 13.9. The molecule has 2 aliphatic rings. The third kappa shape index (κ3) is 2.71. The highest BCUT2D eigenvalue weighted by Gasteiger charge is 2.46. The van der Waals surface area contributed by atoms with Gasteiger partial charge in [-0.05, 0) is 43.9 Å². The Balaban J connectivity index is 2.10. The summed E-state index contributed by atoms with van der Waals surface area (Å²) in [5.41, 5.74) is 0. The zero-order valence-corrected chi connectivity index (χ0v) is 12.4. The van der Waals surface area contributed by atoms with Crippen molar-refractivity contribution in [3.05, 3.63) is 0 Å². The van der Waals surface area contributed by atoms with Crippen molar-refractivity contribution in [1.29, 1.82) is 0 Å². The number of nitrogens with zero attached hydrogens (tertiary/aromatic N) is 1. The summed E-state index contributed by atoms with van der Waals surface area (Å²) >= 11 is 0. The van der Waals surface area contributed by atoms with Gasteiger partial charge < -0.3 is 4.90 Å². The lowest BCUT2D eigenvalue weighted by atomic mass is 10.0. The van der Waals surface area contributed by atoms with Crippen molar-refractivity contribution in [3.8, 4) is 0 Å². The Bertz CT molecular complexity index is 310. The maximum absolute atomic E-state index is 12.6. The van der Waals surface area contributed by atoms with Crippen LogP contribution in [0.1, 0.15) is 53.9 Å². The average molecular weight is 252 g/mol. The lowest BCUT2D eigenvalue weighted by molar-refractivity contribution is -0.133. The molecule has 2 fully saturated rings. The Morgan fingerprint density at radius 3 is 2.28 bits per heavy atom. The first-order chi connectivity index (χ1) is 8.41. The molecule has 3 atom stereocenters. The van der Waals surface area contributed by atoms with Gasteiger partial charge in [-0.3, -0.25) is 10.1 Å². The van der Waals surface area contributed by atoms with Crippen LogP contribution in [-0.4, -0.2) is 29.1 Å². The molecule has 3 heteroatoms. The van der Waals surface area contributed by atoms with E-state index in [-0.39, 0.29) is 12.2 Å². The Morgan fingerprint density at radius 2 is 1.83 bits per heavy atom. The van der Waals surface area contributed by atoms with Crippen molar-refractivity contribution >= 4 is 5.91 Å². The molecule has 0 radical (unpaired) electrons. The monoisotopic (exact) mass is 252 g/mol.